The fourth-order valence-corrected chi connectivity index (χ4v) is 1.84. The van der Waals surface area contributed by atoms with E-state index in [-0.39, 0.29) is 12.5 Å². The first-order chi connectivity index (χ1) is 9.47. The number of benzene rings is 1. The van der Waals surface area contributed by atoms with Crippen molar-refractivity contribution < 1.29 is 14.4 Å². The fraction of sp³-hybridized carbons (Fsp3) is 0.429. The van der Waals surface area contributed by atoms with Gasteiger partial charge in [0, 0.05) is 5.92 Å². The zero-order valence-corrected chi connectivity index (χ0v) is 12.4. The van der Waals surface area contributed by atoms with E-state index >= 15 is 0 Å². The second-order valence-corrected chi connectivity index (χ2v) is 5.27. The van der Waals surface area contributed by atoms with Crippen LogP contribution in [0.15, 0.2) is 22.7 Å². The van der Waals surface area contributed by atoms with Gasteiger partial charge in [-0.25, -0.2) is 0 Å². The molecular formula is C14H17ClN2O3. The van der Waals surface area contributed by atoms with Crippen molar-refractivity contribution in [2.75, 3.05) is 0 Å². The van der Waals surface area contributed by atoms with Gasteiger partial charge in [0.25, 0.3) is 0 Å². The number of hydrogen-bond donors (Lipinski definition) is 1. The van der Waals surface area contributed by atoms with Crippen LogP contribution in [0.1, 0.15) is 50.1 Å². The number of hydrogen-bond acceptors (Lipinski definition) is 5. The van der Waals surface area contributed by atoms with Gasteiger partial charge in [-0.2, -0.15) is 4.98 Å². The number of aromatic nitrogens is 2. The standard InChI is InChI=1S/C14H17ClN2O3/c1-8(2)14-16-13(17-20-14)7-19-12-5-4-10(9(3)18)6-11(12)15/h4-6,8-9,18H,7H2,1-3H3/t9-/m0/s1. The third kappa shape index (κ3) is 3.49. The summed E-state index contributed by atoms with van der Waals surface area (Å²) in [5, 5.41) is 13.7. The van der Waals surface area contributed by atoms with Gasteiger partial charge in [-0.1, -0.05) is 36.7 Å². The van der Waals surface area contributed by atoms with Gasteiger partial charge < -0.3 is 14.4 Å². The summed E-state index contributed by atoms with van der Waals surface area (Å²) in [6, 6.07) is 5.16. The number of halogens is 1. The molecule has 1 N–H and O–H groups in total. The van der Waals surface area contributed by atoms with E-state index in [1.165, 1.54) is 0 Å². The van der Waals surface area contributed by atoms with E-state index in [2.05, 4.69) is 10.1 Å². The summed E-state index contributed by atoms with van der Waals surface area (Å²) in [6.45, 7) is 5.82. The SMILES string of the molecule is CC(C)c1nc(COc2ccc([C@H](C)O)cc2Cl)no1. The molecule has 0 saturated heterocycles. The Balaban J connectivity index is 2.03. The number of nitrogens with zero attached hydrogens (tertiary/aromatic N) is 2. The summed E-state index contributed by atoms with van der Waals surface area (Å²) in [6.07, 6.45) is -0.563. The summed E-state index contributed by atoms with van der Waals surface area (Å²) >= 11 is 6.09. The Morgan fingerprint density at radius 3 is 2.65 bits per heavy atom. The molecule has 1 aromatic carbocycles. The van der Waals surface area contributed by atoms with Crippen LogP contribution < -0.4 is 4.74 Å². The van der Waals surface area contributed by atoms with Crippen molar-refractivity contribution in [2.45, 2.75) is 39.4 Å². The average Bonchev–Trinajstić information content (AvgIpc) is 2.86. The Bertz CT molecular complexity index is 582. The van der Waals surface area contributed by atoms with E-state index in [1.807, 2.05) is 13.8 Å². The molecule has 2 rings (SSSR count). The topological polar surface area (TPSA) is 68.4 Å². The van der Waals surface area contributed by atoms with Crippen LogP contribution in [0.3, 0.4) is 0 Å². The maximum Gasteiger partial charge on any atom is 0.229 e. The second kappa shape index (κ2) is 6.24. The molecule has 0 amide bonds. The second-order valence-electron chi connectivity index (χ2n) is 4.86. The molecule has 2 aromatic rings. The third-order valence-electron chi connectivity index (χ3n) is 2.77. The zero-order valence-electron chi connectivity index (χ0n) is 11.6. The van der Waals surface area contributed by atoms with Gasteiger partial charge in [-0.15, -0.1) is 0 Å². The molecule has 1 heterocycles. The summed E-state index contributed by atoms with van der Waals surface area (Å²) < 4.78 is 10.6. The molecule has 0 radical (unpaired) electrons. The Kier molecular flexibility index (Phi) is 4.62. The molecule has 20 heavy (non-hydrogen) atoms. The van der Waals surface area contributed by atoms with Crippen LogP contribution >= 0.6 is 11.6 Å². The van der Waals surface area contributed by atoms with Crippen LogP contribution in [-0.2, 0) is 6.61 Å². The Labute approximate surface area is 122 Å². The first-order valence-electron chi connectivity index (χ1n) is 6.40. The van der Waals surface area contributed by atoms with Gasteiger partial charge in [0.15, 0.2) is 6.61 Å². The third-order valence-corrected chi connectivity index (χ3v) is 3.07. The first-order valence-corrected chi connectivity index (χ1v) is 6.78. The van der Waals surface area contributed by atoms with Crippen LogP contribution in [0, 0.1) is 0 Å². The smallest absolute Gasteiger partial charge is 0.229 e. The summed E-state index contributed by atoms with van der Waals surface area (Å²) in [5.41, 5.74) is 0.740. The van der Waals surface area contributed by atoms with E-state index in [4.69, 9.17) is 20.9 Å². The Morgan fingerprint density at radius 2 is 2.10 bits per heavy atom. The molecule has 0 spiro atoms. The first kappa shape index (κ1) is 14.8. The number of ether oxygens (including phenoxy) is 1. The van der Waals surface area contributed by atoms with Crippen molar-refractivity contribution in [1.29, 1.82) is 0 Å². The molecule has 0 fully saturated rings. The van der Waals surface area contributed by atoms with E-state index in [0.29, 0.717) is 22.5 Å². The zero-order chi connectivity index (χ0) is 14.7. The van der Waals surface area contributed by atoms with E-state index in [0.717, 1.165) is 5.56 Å². The number of aliphatic hydroxyl groups is 1. The van der Waals surface area contributed by atoms with Crippen LogP contribution in [-0.4, -0.2) is 15.2 Å². The molecule has 0 bridgehead atoms. The highest BCUT2D eigenvalue weighted by molar-refractivity contribution is 6.32. The molecule has 0 unspecified atom stereocenters. The van der Waals surface area contributed by atoms with Crippen LogP contribution in [0.25, 0.3) is 0 Å². The van der Waals surface area contributed by atoms with Crippen LogP contribution in [0.4, 0.5) is 0 Å². The molecule has 0 saturated carbocycles. The van der Waals surface area contributed by atoms with Crippen molar-refractivity contribution in [3.8, 4) is 5.75 Å². The molecule has 108 valence electrons. The molecule has 0 aliphatic heterocycles. The van der Waals surface area contributed by atoms with Gasteiger partial charge in [0.05, 0.1) is 11.1 Å². The lowest BCUT2D eigenvalue weighted by atomic mass is 10.1. The van der Waals surface area contributed by atoms with E-state index in [1.54, 1.807) is 25.1 Å². The summed E-state index contributed by atoms with van der Waals surface area (Å²) in [7, 11) is 0. The Hall–Kier alpha value is -1.59. The predicted molar refractivity (Wildman–Crippen MR) is 74.8 cm³/mol. The van der Waals surface area contributed by atoms with Crippen molar-refractivity contribution in [3.63, 3.8) is 0 Å². The lowest BCUT2D eigenvalue weighted by Crippen LogP contribution is -1.99. The van der Waals surface area contributed by atoms with E-state index in [9.17, 15) is 5.11 Å². The molecule has 5 nitrogen and oxygen atoms in total. The normalized spacial score (nSPS) is 12.7. The maximum atomic E-state index is 9.47. The highest BCUT2D eigenvalue weighted by Gasteiger charge is 2.11. The van der Waals surface area contributed by atoms with Crippen molar-refractivity contribution in [3.05, 3.63) is 40.5 Å². The minimum absolute atomic E-state index is 0.184. The van der Waals surface area contributed by atoms with Gasteiger partial charge in [0.2, 0.25) is 11.7 Å². The number of aliphatic hydroxyl groups excluding tert-OH is 1. The quantitative estimate of drug-likeness (QED) is 0.915. The fourth-order valence-electron chi connectivity index (χ4n) is 1.60. The van der Waals surface area contributed by atoms with Gasteiger partial charge in [0.1, 0.15) is 5.75 Å². The van der Waals surface area contributed by atoms with Crippen LogP contribution in [0.2, 0.25) is 5.02 Å². The van der Waals surface area contributed by atoms with Crippen molar-refractivity contribution in [1.82, 2.24) is 10.1 Å². The molecule has 1 atom stereocenters. The lowest BCUT2D eigenvalue weighted by molar-refractivity contribution is 0.199. The lowest BCUT2D eigenvalue weighted by Gasteiger charge is -2.09. The highest BCUT2D eigenvalue weighted by Crippen LogP contribution is 2.28. The van der Waals surface area contributed by atoms with Crippen LogP contribution in [0.5, 0.6) is 5.75 Å². The molecule has 0 aliphatic rings. The summed E-state index contributed by atoms with van der Waals surface area (Å²) in [4.78, 5) is 4.21. The van der Waals surface area contributed by atoms with Crippen molar-refractivity contribution in [2.24, 2.45) is 0 Å². The Morgan fingerprint density at radius 1 is 1.35 bits per heavy atom. The minimum atomic E-state index is -0.563. The molecular weight excluding hydrogens is 280 g/mol. The predicted octanol–water partition coefficient (Wildman–Crippen LogP) is 3.48. The molecule has 6 heteroatoms. The summed E-state index contributed by atoms with van der Waals surface area (Å²) in [5.74, 6) is 1.76. The minimum Gasteiger partial charge on any atom is -0.484 e. The highest BCUT2D eigenvalue weighted by atomic mass is 35.5. The van der Waals surface area contributed by atoms with Gasteiger partial charge in [-0.3, -0.25) is 0 Å². The number of rotatable bonds is 5. The molecule has 1 aromatic heterocycles. The van der Waals surface area contributed by atoms with Crippen molar-refractivity contribution >= 4 is 11.6 Å². The monoisotopic (exact) mass is 296 g/mol. The maximum absolute atomic E-state index is 9.47. The largest absolute Gasteiger partial charge is 0.484 e. The van der Waals surface area contributed by atoms with Gasteiger partial charge >= 0.3 is 0 Å². The molecule has 0 aliphatic carbocycles. The van der Waals surface area contributed by atoms with E-state index < -0.39 is 6.10 Å². The average molecular weight is 297 g/mol. The van der Waals surface area contributed by atoms with Gasteiger partial charge in [-0.05, 0) is 24.6 Å².